The van der Waals surface area contributed by atoms with Gasteiger partial charge in [-0.2, -0.15) is 5.26 Å². The number of nitrogens with zero attached hydrogens (tertiary/aromatic N) is 2. The van der Waals surface area contributed by atoms with E-state index in [1.165, 1.54) is 0 Å². The van der Waals surface area contributed by atoms with E-state index in [2.05, 4.69) is 6.07 Å². The Kier molecular flexibility index (Phi) is 3.70. The molecule has 0 aliphatic heterocycles. The average Bonchev–Trinajstić information content (AvgIpc) is 2.13. The van der Waals surface area contributed by atoms with Crippen LogP contribution in [0.1, 0.15) is 16.7 Å². The lowest BCUT2D eigenvalue weighted by atomic mass is 10.0. The molecular formula is C12H16N2O. The maximum absolute atomic E-state index is 9.83. The maximum Gasteiger partial charge on any atom is 0.122 e. The highest BCUT2D eigenvalue weighted by Crippen LogP contribution is 2.24. The van der Waals surface area contributed by atoms with E-state index in [-0.39, 0.29) is 0 Å². The van der Waals surface area contributed by atoms with Gasteiger partial charge in [0.05, 0.1) is 12.5 Å². The molecule has 80 valence electrons. The molecule has 0 spiro atoms. The predicted molar refractivity (Wildman–Crippen MR) is 59.6 cm³/mol. The fourth-order valence-electron chi connectivity index (χ4n) is 1.59. The van der Waals surface area contributed by atoms with Crippen LogP contribution in [0.3, 0.4) is 0 Å². The second-order valence-electron chi connectivity index (χ2n) is 3.99. The van der Waals surface area contributed by atoms with Gasteiger partial charge in [0.1, 0.15) is 5.75 Å². The van der Waals surface area contributed by atoms with Crippen LogP contribution in [0.5, 0.6) is 5.75 Å². The molecule has 0 atom stereocenters. The molecule has 0 amide bonds. The Labute approximate surface area is 90.6 Å². The summed E-state index contributed by atoms with van der Waals surface area (Å²) in [4.78, 5) is 1.99. The monoisotopic (exact) mass is 204 g/mol. The minimum atomic E-state index is 0.338. The van der Waals surface area contributed by atoms with Gasteiger partial charge in [0.25, 0.3) is 0 Å². The summed E-state index contributed by atoms with van der Waals surface area (Å²) in [6.07, 6.45) is 0.390. The number of aryl methyl sites for hydroxylation is 1. The number of aromatic hydroxyl groups is 1. The van der Waals surface area contributed by atoms with Crippen LogP contribution in [-0.2, 0) is 13.0 Å². The zero-order chi connectivity index (χ0) is 11.4. The van der Waals surface area contributed by atoms with Crippen molar-refractivity contribution in [3.63, 3.8) is 0 Å². The number of hydrogen-bond donors (Lipinski definition) is 1. The van der Waals surface area contributed by atoms with Crippen LogP contribution in [-0.4, -0.2) is 24.1 Å². The lowest BCUT2D eigenvalue weighted by molar-refractivity contribution is 0.384. The normalized spacial score (nSPS) is 10.3. The third-order valence-corrected chi connectivity index (χ3v) is 2.21. The molecule has 1 aromatic carbocycles. The van der Waals surface area contributed by atoms with Crippen LogP contribution in [0.2, 0.25) is 0 Å². The van der Waals surface area contributed by atoms with Gasteiger partial charge in [-0.25, -0.2) is 0 Å². The van der Waals surface area contributed by atoms with Gasteiger partial charge in [0.2, 0.25) is 0 Å². The van der Waals surface area contributed by atoms with E-state index in [0.717, 1.165) is 16.7 Å². The van der Waals surface area contributed by atoms with Gasteiger partial charge < -0.3 is 10.0 Å². The van der Waals surface area contributed by atoms with Gasteiger partial charge in [-0.15, -0.1) is 0 Å². The van der Waals surface area contributed by atoms with Gasteiger partial charge in [0.15, 0.2) is 0 Å². The molecule has 0 saturated heterocycles. The second kappa shape index (κ2) is 4.81. The number of phenols is 1. The van der Waals surface area contributed by atoms with E-state index in [1.807, 2.05) is 38.1 Å². The molecule has 0 aliphatic carbocycles. The van der Waals surface area contributed by atoms with Crippen molar-refractivity contribution < 1.29 is 5.11 Å². The first kappa shape index (κ1) is 11.5. The standard InChI is InChI=1S/C12H16N2O/c1-9-6-10(4-5-13)7-11(12(9)15)8-14(2)3/h6-7,15H,4,8H2,1-3H3. The van der Waals surface area contributed by atoms with E-state index in [1.54, 1.807) is 0 Å². The summed E-state index contributed by atoms with van der Waals surface area (Å²) in [5.41, 5.74) is 2.68. The summed E-state index contributed by atoms with van der Waals surface area (Å²) >= 11 is 0. The van der Waals surface area contributed by atoms with Crippen molar-refractivity contribution in [2.24, 2.45) is 0 Å². The van der Waals surface area contributed by atoms with Gasteiger partial charge >= 0.3 is 0 Å². The van der Waals surface area contributed by atoms with Crippen LogP contribution < -0.4 is 0 Å². The topological polar surface area (TPSA) is 47.3 Å². The number of nitriles is 1. The molecule has 0 radical (unpaired) electrons. The molecule has 0 aromatic heterocycles. The predicted octanol–water partition coefficient (Wildman–Crippen LogP) is 1.83. The Hall–Kier alpha value is -1.53. The van der Waals surface area contributed by atoms with E-state index in [4.69, 9.17) is 5.26 Å². The zero-order valence-corrected chi connectivity index (χ0v) is 9.41. The molecule has 0 bridgehead atoms. The highest BCUT2D eigenvalue weighted by Gasteiger charge is 2.07. The number of rotatable bonds is 3. The summed E-state index contributed by atoms with van der Waals surface area (Å²) in [7, 11) is 3.90. The Bertz CT molecular complexity index is 391. The Morgan fingerprint density at radius 3 is 2.60 bits per heavy atom. The molecular weight excluding hydrogens is 188 g/mol. The van der Waals surface area contributed by atoms with Crippen molar-refractivity contribution in [3.05, 3.63) is 28.8 Å². The molecule has 1 rings (SSSR count). The first-order valence-electron chi connectivity index (χ1n) is 4.87. The molecule has 1 N–H and O–H groups in total. The first-order valence-corrected chi connectivity index (χ1v) is 4.87. The van der Waals surface area contributed by atoms with Gasteiger partial charge in [-0.1, -0.05) is 6.07 Å². The summed E-state index contributed by atoms with van der Waals surface area (Å²) in [6.45, 7) is 2.54. The zero-order valence-electron chi connectivity index (χ0n) is 9.41. The van der Waals surface area contributed by atoms with Gasteiger partial charge in [-0.3, -0.25) is 0 Å². The SMILES string of the molecule is Cc1cc(CC#N)cc(CN(C)C)c1O. The smallest absolute Gasteiger partial charge is 0.122 e. The lowest BCUT2D eigenvalue weighted by Crippen LogP contribution is -2.11. The second-order valence-corrected chi connectivity index (χ2v) is 3.99. The molecule has 3 heteroatoms. The van der Waals surface area contributed by atoms with Crippen LogP contribution in [0, 0.1) is 18.3 Å². The highest BCUT2D eigenvalue weighted by molar-refractivity contribution is 5.43. The fraction of sp³-hybridized carbons (Fsp3) is 0.417. The average molecular weight is 204 g/mol. The quantitative estimate of drug-likeness (QED) is 0.817. The number of phenolic OH excluding ortho intramolecular Hbond substituents is 1. The molecule has 3 nitrogen and oxygen atoms in total. The third-order valence-electron chi connectivity index (χ3n) is 2.21. The Morgan fingerprint density at radius 2 is 2.07 bits per heavy atom. The van der Waals surface area contributed by atoms with Crippen molar-refractivity contribution in [1.29, 1.82) is 5.26 Å². The van der Waals surface area contributed by atoms with E-state index in [0.29, 0.717) is 18.7 Å². The summed E-state index contributed by atoms with van der Waals surface area (Å²) < 4.78 is 0. The Morgan fingerprint density at radius 1 is 1.40 bits per heavy atom. The van der Waals surface area contributed by atoms with Crippen molar-refractivity contribution in [1.82, 2.24) is 4.90 Å². The van der Waals surface area contributed by atoms with Crippen molar-refractivity contribution in [2.75, 3.05) is 14.1 Å². The van der Waals surface area contributed by atoms with E-state index in [9.17, 15) is 5.11 Å². The third kappa shape index (κ3) is 2.97. The molecule has 0 unspecified atom stereocenters. The van der Waals surface area contributed by atoms with Gasteiger partial charge in [-0.05, 0) is 38.2 Å². The van der Waals surface area contributed by atoms with E-state index >= 15 is 0 Å². The van der Waals surface area contributed by atoms with Crippen LogP contribution in [0.15, 0.2) is 12.1 Å². The summed E-state index contributed by atoms with van der Waals surface area (Å²) in [5.74, 6) is 0.338. The molecule has 0 fully saturated rings. The fourth-order valence-corrected chi connectivity index (χ4v) is 1.59. The molecule has 0 heterocycles. The lowest BCUT2D eigenvalue weighted by Gasteiger charge is -2.13. The van der Waals surface area contributed by atoms with Crippen molar-refractivity contribution in [2.45, 2.75) is 19.9 Å². The Balaban J connectivity index is 3.08. The minimum absolute atomic E-state index is 0.338. The maximum atomic E-state index is 9.83. The van der Waals surface area contributed by atoms with E-state index < -0.39 is 0 Å². The molecule has 15 heavy (non-hydrogen) atoms. The van der Waals surface area contributed by atoms with Crippen LogP contribution in [0.4, 0.5) is 0 Å². The van der Waals surface area contributed by atoms with Crippen LogP contribution in [0.25, 0.3) is 0 Å². The summed E-state index contributed by atoms with van der Waals surface area (Å²) in [6, 6.07) is 5.87. The minimum Gasteiger partial charge on any atom is -0.507 e. The molecule has 0 aliphatic rings. The van der Waals surface area contributed by atoms with Gasteiger partial charge in [0, 0.05) is 12.1 Å². The van der Waals surface area contributed by atoms with Crippen molar-refractivity contribution in [3.8, 4) is 11.8 Å². The molecule has 1 aromatic rings. The first-order chi connectivity index (χ1) is 7.04. The number of benzene rings is 1. The molecule has 0 saturated carbocycles. The summed E-state index contributed by atoms with van der Waals surface area (Å²) in [5, 5.41) is 18.5. The largest absolute Gasteiger partial charge is 0.507 e. The highest BCUT2D eigenvalue weighted by atomic mass is 16.3. The number of hydrogen-bond acceptors (Lipinski definition) is 3. The van der Waals surface area contributed by atoms with Crippen LogP contribution >= 0.6 is 0 Å². The van der Waals surface area contributed by atoms with Crippen molar-refractivity contribution >= 4 is 0 Å².